The minimum absolute atomic E-state index is 0.0153. The van der Waals surface area contributed by atoms with Crippen LogP contribution in [-0.4, -0.2) is 16.9 Å². The molecule has 17 heavy (non-hydrogen) atoms. The third-order valence-corrected chi connectivity index (χ3v) is 2.63. The van der Waals surface area contributed by atoms with Gasteiger partial charge in [-0.1, -0.05) is 12.1 Å². The van der Waals surface area contributed by atoms with Crippen molar-refractivity contribution in [3.63, 3.8) is 0 Å². The predicted molar refractivity (Wildman–Crippen MR) is 56.2 cm³/mol. The summed E-state index contributed by atoms with van der Waals surface area (Å²) in [7, 11) is 0. The fourth-order valence-electron chi connectivity index (χ4n) is 1.79. The van der Waals surface area contributed by atoms with Gasteiger partial charge in [0.25, 0.3) is 5.69 Å². The fourth-order valence-corrected chi connectivity index (χ4v) is 1.79. The number of rotatable bonds is 2. The summed E-state index contributed by atoms with van der Waals surface area (Å²) in [6.07, 6.45) is 0.257. The fraction of sp³-hybridized carbons (Fsp3) is 0.273. The number of nitrogens with zero attached hydrogens (tertiary/aromatic N) is 1. The summed E-state index contributed by atoms with van der Waals surface area (Å²) >= 11 is 0. The van der Waals surface area contributed by atoms with Crippen LogP contribution in [0.5, 0.6) is 0 Å². The Morgan fingerprint density at radius 3 is 2.12 bits per heavy atom. The van der Waals surface area contributed by atoms with Crippen molar-refractivity contribution < 1.29 is 19.2 Å². The second kappa shape index (κ2) is 4.32. The molecule has 1 saturated heterocycles. The van der Waals surface area contributed by atoms with Gasteiger partial charge < -0.3 is 4.74 Å². The summed E-state index contributed by atoms with van der Waals surface area (Å²) in [5.74, 6) is -1.35. The number of esters is 2. The number of cyclic esters (lactones) is 2. The third-order valence-electron chi connectivity index (χ3n) is 2.63. The molecule has 0 amide bonds. The number of hydrogen-bond donors (Lipinski definition) is 0. The number of carbonyl (C=O) groups is 2. The number of non-ortho nitro benzene ring substituents is 1. The van der Waals surface area contributed by atoms with Gasteiger partial charge in [0.15, 0.2) is 0 Å². The molecule has 0 unspecified atom stereocenters. The molecule has 1 aromatic carbocycles. The molecule has 2 rings (SSSR count). The summed E-state index contributed by atoms with van der Waals surface area (Å²) < 4.78 is 4.41. The number of benzene rings is 1. The Morgan fingerprint density at radius 2 is 1.65 bits per heavy atom. The Labute approximate surface area is 96.3 Å². The van der Waals surface area contributed by atoms with Crippen molar-refractivity contribution >= 4 is 17.6 Å². The van der Waals surface area contributed by atoms with E-state index in [2.05, 4.69) is 4.74 Å². The van der Waals surface area contributed by atoms with Crippen LogP contribution < -0.4 is 0 Å². The minimum Gasteiger partial charge on any atom is -0.393 e. The van der Waals surface area contributed by atoms with Gasteiger partial charge in [-0.2, -0.15) is 0 Å². The summed E-state index contributed by atoms with van der Waals surface area (Å²) in [5.41, 5.74) is 0.721. The first-order valence-corrected chi connectivity index (χ1v) is 5.04. The van der Waals surface area contributed by atoms with Gasteiger partial charge >= 0.3 is 11.9 Å². The van der Waals surface area contributed by atoms with Crippen molar-refractivity contribution in [2.45, 2.75) is 18.8 Å². The van der Waals surface area contributed by atoms with Crippen molar-refractivity contribution in [2.75, 3.05) is 0 Å². The lowest BCUT2D eigenvalue weighted by molar-refractivity contribution is -0.384. The monoisotopic (exact) mass is 235 g/mol. The lowest BCUT2D eigenvalue weighted by Crippen LogP contribution is -2.24. The zero-order chi connectivity index (χ0) is 12.4. The predicted octanol–water partition coefficient (Wildman–Crippen LogP) is 1.54. The number of ether oxygens (including phenoxy) is 1. The van der Waals surface area contributed by atoms with E-state index >= 15 is 0 Å². The van der Waals surface area contributed by atoms with Crippen LogP contribution in [0.1, 0.15) is 24.3 Å². The average molecular weight is 235 g/mol. The molecule has 0 bridgehead atoms. The van der Waals surface area contributed by atoms with E-state index < -0.39 is 16.9 Å². The Bertz CT molecular complexity index is 463. The van der Waals surface area contributed by atoms with Crippen molar-refractivity contribution in [1.82, 2.24) is 0 Å². The second-order valence-corrected chi connectivity index (χ2v) is 3.80. The lowest BCUT2D eigenvalue weighted by atomic mass is 9.91. The number of carbonyl (C=O) groups excluding carboxylic acids is 2. The SMILES string of the molecule is O=C1CC(c2ccc([N+](=O)[O-])cc2)CC(=O)O1. The summed E-state index contributed by atoms with van der Waals surface area (Å²) in [6, 6.07) is 5.85. The molecule has 1 fully saturated rings. The third kappa shape index (κ3) is 2.47. The normalized spacial score (nSPS) is 16.7. The molecular formula is C11H9NO5. The summed E-state index contributed by atoms with van der Waals surface area (Å²) in [4.78, 5) is 32.1. The highest BCUT2D eigenvalue weighted by Gasteiger charge is 2.28. The molecule has 0 atom stereocenters. The maximum absolute atomic E-state index is 11.1. The smallest absolute Gasteiger partial charge is 0.314 e. The van der Waals surface area contributed by atoms with Gasteiger partial charge in [0.2, 0.25) is 0 Å². The van der Waals surface area contributed by atoms with Crippen LogP contribution in [0.4, 0.5) is 5.69 Å². The molecule has 6 heteroatoms. The first-order valence-electron chi connectivity index (χ1n) is 5.04. The Kier molecular flexibility index (Phi) is 2.86. The van der Waals surface area contributed by atoms with Gasteiger partial charge in [-0.25, -0.2) is 0 Å². The molecule has 0 aliphatic carbocycles. The minimum atomic E-state index is -0.551. The van der Waals surface area contributed by atoms with E-state index in [9.17, 15) is 19.7 Å². The van der Waals surface area contributed by atoms with E-state index in [4.69, 9.17) is 0 Å². The van der Waals surface area contributed by atoms with Crippen molar-refractivity contribution in [2.24, 2.45) is 0 Å². The zero-order valence-corrected chi connectivity index (χ0v) is 8.79. The molecule has 88 valence electrons. The van der Waals surface area contributed by atoms with Crippen molar-refractivity contribution in [3.05, 3.63) is 39.9 Å². The highest BCUT2D eigenvalue weighted by Crippen LogP contribution is 2.29. The molecule has 6 nitrogen and oxygen atoms in total. The molecule has 0 aromatic heterocycles. The van der Waals surface area contributed by atoms with Gasteiger partial charge in [0.05, 0.1) is 17.8 Å². The summed E-state index contributed by atoms with van der Waals surface area (Å²) in [6.45, 7) is 0. The van der Waals surface area contributed by atoms with Crippen LogP contribution in [0.25, 0.3) is 0 Å². The highest BCUT2D eigenvalue weighted by molar-refractivity contribution is 5.89. The number of hydrogen-bond acceptors (Lipinski definition) is 5. The van der Waals surface area contributed by atoms with Crippen LogP contribution in [0, 0.1) is 10.1 Å². The van der Waals surface area contributed by atoms with Crippen molar-refractivity contribution in [3.8, 4) is 0 Å². The molecular weight excluding hydrogens is 226 g/mol. The average Bonchev–Trinajstić information content (AvgIpc) is 2.28. The van der Waals surface area contributed by atoms with Crippen LogP contribution in [0.2, 0.25) is 0 Å². The zero-order valence-electron chi connectivity index (χ0n) is 8.79. The molecule has 1 aliphatic heterocycles. The number of nitro benzene ring substituents is 1. The first kappa shape index (κ1) is 11.3. The van der Waals surface area contributed by atoms with Crippen LogP contribution in [0.15, 0.2) is 24.3 Å². The molecule has 0 N–H and O–H groups in total. The van der Waals surface area contributed by atoms with Gasteiger partial charge in [0, 0.05) is 18.1 Å². The van der Waals surface area contributed by atoms with E-state index in [0.717, 1.165) is 5.56 Å². The molecule has 1 aromatic rings. The van der Waals surface area contributed by atoms with Gasteiger partial charge in [-0.05, 0) is 5.56 Å². The molecule has 0 saturated carbocycles. The Balaban J connectivity index is 2.19. The maximum atomic E-state index is 11.1. The molecule has 0 radical (unpaired) electrons. The maximum Gasteiger partial charge on any atom is 0.314 e. The number of nitro groups is 1. The Morgan fingerprint density at radius 1 is 1.12 bits per heavy atom. The Hall–Kier alpha value is -2.24. The second-order valence-electron chi connectivity index (χ2n) is 3.80. The van der Waals surface area contributed by atoms with Crippen LogP contribution >= 0.6 is 0 Å². The summed E-state index contributed by atoms with van der Waals surface area (Å²) in [5, 5.41) is 10.5. The quantitative estimate of drug-likeness (QED) is 0.336. The van der Waals surface area contributed by atoms with Crippen LogP contribution in [0.3, 0.4) is 0 Å². The standard InChI is InChI=1S/C11H9NO5/c13-10-5-8(6-11(14)17-10)7-1-3-9(4-2-7)12(15)16/h1-4,8H,5-6H2. The van der Waals surface area contributed by atoms with Gasteiger partial charge in [-0.3, -0.25) is 19.7 Å². The van der Waals surface area contributed by atoms with Crippen molar-refractivity contribution in [1.29, 1.82) is 0 Å². The van der Waals surface area contributed by atoms with Gasteiger partial charge in [-0.15, -0.1) is 0 Å². The van der Waals surface area contributed by atoms with Gasteiger partial charge in [0.1, 0.15) is 0 Å². The topological polar surface area (TPSA) is 86.5 Å². The van der Waals surface area contributed by atoms with E-state index in [-0.39, 0.29) is 24.4 Å². The highest BCUT2D eigenvalue weighted by atomic mass is 16.6. The largest absolute Gasteiger partial charge is 0.393 e. The first-order chi connectivity index (χ1) is 8.06. The van der Waals surface area contributed by atoms with E-state index in [0.29, 0.717) is 0 Å². The lowest BCUT2D eigenvalue weighted by Gasteiger charge is -2.19. The van der Waals surface area contributed by atoms with E-state index in [1.165, 1.54) is 12.1 Å². The molecule has 0 spiro atoms. The van der Waals surface area contributed by atoms with Crippen LogP contribution in [-0.2, 0) is 14.3 Å². The molecule has 1 aliphatic rings. The molecule has 1 heterocycles. The van der Waals surface area contributed by atoms with E-state index in [1.54, 1.807) is 12.1 Å². The van der Waals surface area contributed by atoms with E-state index in [1.807, 2.05) is 0 Å².